The molecule has 1 N–H and O–H groups in total. The summed E-state index contributed by atoms with van der Waals surface area (Å²) in [5, 5.41) is 0.170. The molecule has 0 amide bonds. The minimum atomic E-state index is -3.73. The smallest absolute Gasteiger partial charge is 0.263 e. The largest absolute Gasteiger partial charge is 0.495 e. The van der Waals surface area contributed by atoms with Crippen molar-refractivity contribution in [2.24, 2.45) is 0 Å². The summed E-state index contributed by atoms with van der Waals surface area (Å²) in [7, 11) is -2.23. The van der Waals surface area contributed by atoms with Gasteiger partial charge in [-0.15, -0.1) is 0 Å². The van der Waals surface area contributed by atoms with Crippen LogP contribution in [0.25, 0.3) is 0 Å². The summed E-state index contributed by atoms with van der Waals surface area (Å²) >= 11 is 9.21. The van der Waals surface area contributed by atoms with Crippen molar-refractivity contribution in [3.05, 3.63) is 52.0 Å². The summed E-state index contributed by atoms with van der Waals surface area (Å²) in [5.41, 5.74) is 0.393. The number of hydrogen-bond acceptors (Lipinski definition) is 3. The molecule has 0 saturated heterocycles. The van der Waals surface area contributed by atoms with Crippen LogP contribution in [-0.4, -0.2) is 15.5 Å². The van der Waals surface area contributed by atoms with Gasteiger partial charge in [0.15, 0.2) is 0 Å². The molecule has 0 heterocycles. The fourth-order valence-corrected chi connectivity index (χ4v) is 3.57. The third-order valence-electron chi connectivity index (χ3n) is 2.53. The van der Waals surface area contributed by atoms with Gasteiger partial charge < -0.3 is 4.74 Å². The average molecular weight is 377 g/mol. The topological polar surface area (TPSA) is 55.4 Å². The Hall–Kier alpha value is -1.24. The van der Waals surface area contributed by atoms with Crippen molar-refractivity contribution in [1.82, 2.24) is 0 Å². The molecule has 0 atom stereocenters. The lowest BCUT2D eigenvalue weighted by Crippen LogP contribution is -2.13. The lowest BCUT2D eigenvalue weighted by Gasteiger charge is -2.11. The van der Waals surface area contributed by atoms with Crippen molar-refractivity contribution in [2.75, 3.05) is 11.8 Å². The van der Waals surface area contributed by atoms with Crippen molar-refractivity contribution in [3.8, 4) is 5.75 Å². The normalized spacial score (nSPS) is 11.2. The van der Waals surface area contributed by atoms with Gasteiger partial charge in [0.25, 0.3) is 10.0 Å². The zero-order valence-electron chi connectivity index (χ0n) is 10.4. The van der Waals surface area contributed by atoms with Crippen molar-refractivity contribution >= 4 is 43.2 Å². The maximum Gasteiger partial charge on any atom is 0.263 e. The molecule has 0 aromatic heterocycles. The van der Waals surface area contributed by atoms with Crippen LogP contribution in [-0.2, 0) is 10.0 Å². The molecule has 0 aliphatic rings. The third-order valence-corrected chi connectivity index (χ3v) is 5.07. The highest BCUT2D eigenvalue weighted by atomic mass is 79.9. The molecule has 7 heteroatoms. The standard InChI is InChI=1S/C13H11BrClNO3S/c1-19-12-8-9(6-7-10(12)14)16-20(17,18)13-5-3-2-4-11(13)15/h2-8,16H,1H3. The highest BCUT2D eigenvalue weighted by Gasteiger charge is 2.17. The quantitative estimate of drug-likeness (QED) is 0.880. The van der Waals surface area contributed by atoms with Gasteiger partial charge >= 0.3 is 0 Å². The molecular formula is C13H11BrClNO3S. The molecule has 0 spiro atoms. The minimum absolute atomic E-state index is 0.0311. The summed E-state index contributed by atoms with van der Waals surface area (Å²) in [6.45, 7) is 0. The average Bonchev–Trinajstić information content (AvgIpc) is 2.41. The maximum atomic E-state index is 12.3. The molecule has 0 saturated carbocycles. The molecule has 106 valence electrons. The predicted octanol–water partition coefficient (Wildman–Crippen LogP) is 3.91. The van der Waals surface area contributed by atoms with Crippen LogP contribution >= 0.6 is 27.5 Å². The minimum Gasteiger partial charge on any atom is -0.495 e. The number of hydrogen-bond donors (Lipinski definition) is 1. The van der Waals surface area contributed by atoms with Gasteiger partial charge in [-0.2, -0.15) is 0 Å². The monoisotopic (exact) mass is 375 g/mol. The van der Waals surface area contributed by atoms with Crippen LogP contribution in [0.1, 0.15) is 0 Å². The molecule has 2 aromatic carbocycles. The molecule has 20 heavy (non-hydrogen) atoms. The van der Waals surface area contributed by atoms with Crippen LogP contribution in [0.3, 0.4) is 0 Å². The molecule has 2 aromatic rings. The molecule has 0 radical (unpaired) electrons. The van der Waals surface area contributed by atoms with Gasteiger partial charge in [0.1, 0.15) is 10.6 Å². The summed E-state index contributed by atoms with van der Waals surface area (Å²) in [6.07, 6.45) is 0. The molecule has 0 aliphatic carbocycles. The van der Waals surface area contributed by atoms with E-state index in [0.717, 1.165) is 4.47 Å². The molecule has 0 unspecified atom stereocenters. The van der Waals surface area contributed by atoms with Crippen molar-refractivity contribution in [2.45, 2.75) is 4.90 Å². The van der Waals surface area contributed by atoms with E-state index in [1.807, 2.05) is 0 Å². The Morgan fingerprint density at radius 2 is 1.90 bits per heavy atom. The number of nitrogens with one attached hydrogen (secondary N) is 1. The first-order chi connectivity index (χ1) is 9.44. The van der Waals surface area contributed by atoms with E-state index in [4.69, 9.17) is 16.3 Å². The molecule has 0 fully saturated rings. The Morgan fingerprint density at radius 1 is 1.20 bits per heavy atom. The van der Waals surface area contributed by atoms with Crippen molar-refractivity contribution < 1.29 is 13.2 Å². The number of ether oxygens (including phenoxy) is 1. The van der Waals surface area contributed by atoms with Gasteiger partial charge in [0.2, 0.25) is 0 Å². The third kappa shape index (κ3) is 3.26. The summed E-state index contributed by atoms with van der Waals surface area (Å²) in [5.74, 6) is 0.532. The first-order valence-corrected chi connectivity index (χ1v) is 8.20. The van der Waals surface area contributed by atoms with Crippen LogP contribution in [0.15, 0.2) is 51.8 Å². The second-order valence-corrected chi connectivity index (χ2v) is 6.80. The number of anilines is 1. The van der Waals surface area contributed by atoms with E-state index in [1.54, 1.807) is 30.3 Å². The second kappa shape index (κ2) is 6.03. The van der Waals surface area contributed by atoms with Gasteiger partial charge in [0, 0.05) is 6.07 Å². The van der Waals surface area contributed by atoms with Gasteiger partial charge in [-0.25, -0.2) is 8.42 Å². The summed E-state index contributed by atoms with van der Waals surface area (Å²) in [6, 6.07) is 11.2. The Balaban J connectivity index is 2.36. The molecule has 0 bridgehead atoms. The second-order valence-electron chi connectivity index (χ2n) is 3.89. The molecule has 4 nitrogen and oxygen atoms in total. The van der Waals surface area contributed by atoms with Gasteiger partial charge in [-0.3, -0.25) is 4.72 Å². The highest BCUT2D eigenvalue weighted by molar-refractivity contribution is 9.10. The van der Waals surface area contributed by atoms with Gasteiger partial charge in [0.05, 0.1) is 22.3 Å². The number of rotatable bonds is 4. The Kier molecular flexibility index (Phi) is 4.57. The number of methoxy groups -OCH3 is 1. The van der Waals surface area contributed by atoms with Crippen LogP contribution in [0, 0.1) is 0 Å². The van der Waals surface area contributed by atoms with Crippen LogP contribution in [0.5, 0.6) is 5.75 Å². The zero-order chi connectivity index (χ0) is 14.8. The Labute approximate surface area is 130 Å². The number of halogens is 2. The van der Waals surface area contributed by atoms with Gasteiger partial charge in [-0.1, -0.05) is 23.7 Å². The van der Waals surface area contributed by atoms with E-state index in [-0.39, 0.29) is 9.92 Å². The fraction of sp³-hybridized carbons (Fsp3) is 0.0769. The SMILES string of the molecule is COc1cc(NS(=O)(=O)c2ccccc2Cl)ccc1Br. The van der Waals surface area contributed by atoms with E-state index in [9.17, 15) is 8.42 Å². The van der Waals surface area contributed by atoms with Crippen LogP contribution < -0.4 is 9.46 Å². The van der Waals surface area contributed by atoms with Crippen molar-refractivity contribution in [1.29, 1.82) is 0 Å². The van der Waals surface area contributed by atoms with Crippen LogP contribution in [0.4, 0.5) is 5.69 Å². The van der Waals surface area contributed by atoms with E-state index in [1.165, 1.54) is 19.2 Å². The Bertz CT molecular complexity index is 734. The van der Waals surface area contributed by atoms with Gasteiger partial charge in [-0.05, 0) is 40.2 Å². The Morgan fingerprint density at radius 3 is 2.55 bits per heavy atom. The van der Waals surface area contributed by atoms with Crippen LogP contribution in [0.2, 0.25) is 5.02 Å². The number of sulfonamides is 1. The number of benzene rings is 2. The molecule has 0 aliphatic heterocycles. The highest BCUT2D eigenvalue weighted by Crippen LogP contribution is 2.30. The first kappa shape index (κ1) is 15.2. The van der Waals surface area contributed by atoms with E-state index in [2.05, 4.69) is 20.7 Å². The molecule has 2 rings (SSSR count). The molecular weight excluding hydrogens is 366 g/mol. The first-order valence-electron chi connectivity index (χ1n) is 5.55. The van der Waals surface area contributed by atoms with E-state index in [0.29, 0.717) is 11.4 Å². The maximum absolute atomic E-state index is 12.3. The van der Waals surface area contributed by atoms with Crippen molar-refractivity contribution in [3.63, 3.8) is 0 Å². The van der Waals surface area contributed by atoms with E-state index < -0.39 is 10.0 Å². The zero-order valence-corrected chi connectivity index (χ0v) is 13.6. The lowest BCUT2D eigenvalue weighted by molar-refractivity contribution is 0.412. The van der Waals surface area contributed by atoms with E-state index >= 15 is 0 Å². The summed E-state index contributed by atoms with van der Waals surface area (Å²) in [4.78, 5) is 0.0311. The summed E-state index contributed by atoms with van der Waals surface area (Å²) < 4.78 is 32.8. The predicted molar refractivity (Wildman–Crippen MR) is 83.0 cm³/mol. The fourth-order valence-electron chi connectivity index (χ4n) is 1.60. The lowest BCUT2D eigenvalue weighted by atomic mass is 10.3.